The molecular weight excluding hydrogens is 304 g/mol. The number of hydrogen-bond donors (Lipinski definition) is 1. The van der Waals surface area contributed by atoms with E-state index in [1.54, 1.807) is 4.90 Å². The maximum absolute atomic E-state index is 13.2. The Hall–Kier alpha value is -1.43. The highest BCUT2D eigenvalue weighted by atomic mass is 16.7. The van der Waals surface area contributed by atoms with Gasteiger partial charge in [-0.15, -0.1) is 0 Å². The molecule has 5 nitrogen and oxygen atoms in total. The molecule has 5 heteroatoms. The summed E-state index contributed by atoms with van der Waals surface area (Å²) in [6.45, 7) is 7.28. The molecule has 0 spiro atoms. The van der Waals surface area contributed by atoms with Crippen LogP contribution in [0.15, 0.2) is 30.3 Å². The largest absolute Gasteiger partial charge is 0.348 e. The predicted octanol–water partition coefficient (Wildman–Crippen LogP) is 2.02. The molecule has 2 saturated heterocycles. The lowest BCUT2D eigenvalue weighted by Crippen LogP contribution is -2.54. The Bertz CT molecular complexity index is 575. The molecule has 0 radical (unpaired) electrons. The van der Waals surface area contributed by atoms with Crippen LogP contribution < -0.4 is 5.32 Å². The van der Waals surface area contributed by atoms with E-state index in [1.807, 2.05) is 39.1 Å². The molecule has 3 rings (SSSR count). The number of fused-ring (bicyclic) bond motifs is 1. The van der Waals surface area contributed by atoms with Gasteiger partial charge in [-0.05, 0) is 17.9 Å². The quantitative estimate of drug-likeness (QED) is 0.896. The summed E-state index contributed by atoms with van der Waals surface area (Å²) in [7, 11) is 1.86. The third kappa shape index (κ3) is 3.21. The second-order valence-corrected chi connectivity index (χ2v) is 7.54. The number of benzene rings is 1. The summed E-state index contributed by atoms with van der Waals surface area (Å²) >= 11 is 0. The molecule has 0 saturated carbocycles. The van der Waals surface area contributed by atoms with Crippen LogP contribution in [0.2, 0.25) is 0 Å². The van der Waals surface area contributed by atoms with Crippen LogP contribution in [0, 0.1) is 11.3 Å². The van der Waals surface area contributed by atoms with Gasteiger partial charge in [0.2, 0.25) is 5.91 Å². The molecule has 0 bridgehead atoms. The number of nitrogens with one attached hydrogen (secondary N) is 1. The smallest absolute Gasteiger partial charge is 0.229 e. The van der Waals surface area contributed by atoms with Gasteiger partial charge in [0.1, 0.15) is 25.2 Å². The standard InChI is InChI=1S/C19H28N2O3/c1-13(10-14-8-6-5-7-9-14)19(2,3)18(22)21(4)17-16-15(11-20-17)23-12-24-16/h5-9,13,15-17,20H,10-12H2,1-4H3. The molecule has 24 heavy (non-hydrogen) atoms. The van der Waals surface area contributed by atoms with Crippen molar-refractivity contribution in [2.45, 2.75) is 45.6 Å². The second-order valence-electron chi connectivity index (χ2n) is 7.54. The highest BCUT2D eigenvalue weighted by Crippen LogP contribution is 2.33. The van der Waals surface area contributed by atoms with E-state index in [2.05, 4.69) is 24.4 Å². The maximum atomic E-state index is 13.2. The minimum Gasteiger partial charge on any atom is -0.348 e. The van der Waals surface area contributed by atoms with Crippen LogP contribution >= 0.6 is 0 Å². The van der Waals surface area contributed by atoms with Gasteiger partial charge in [0.25, 0.3) is 0 Å². The van der Waals surface area contributed by atoms with Crippen molar-refractivity contribution >= 4 is 5.91 Å². The average Bonchev–Trinajstić information content (AvgIpc) is 3.17. The van der Waals surface area contributed by atoms with Crippen molar-refractivity contribution < 1.29 is 14.3 Å². The summed E-state index contributed by atoms with van der Waals surface area (Å²) in [5, 5.41) is 3.36. The van der Waals surface area contributed by atoms with Crippen LogP contribution in [0.25, 0.3) is 0 Å². The van der Waals surface area contributed by atoms with Gasteiger partial charge in [0, 0.05) is 19.0 Å². The van der Waals surface area contributed by atoms with E-state index in [9.17, 15) is 4.79 Å². The molecule has 1 amide bonds. The van der Waals surface area contributed by atoms with Gasteiger partial charge >= 0.3 is 0 Å². The van der Waals surface area contributed by atoms with Crippen molar-refractivity contribution in [3.8, 4) is 0 Å². The highest BCUT2D eigenvalue weighted by molar-refractivity contribution is 5.82. The van der Waals surface area contributed by atoms with Gasteiger partial charge < -0.3 is 14.4 Å². The van der Waals surface area contributed by atoms with Crippen molar-refractivity contribution in [2.75, 3.05) is 20.4 Å². The molecule has 4 unspecified atom stereocenters. The first kappa shape index (κ1) is 17.4. The van der Waals surface area contributed by atoms with Crippen LogP contribution in [0.5, 0.6) is 0 Å². The van der Waals surface area contributed by atoms with Gasteiger partial charge in [-0.3, -0.25) is 10.1 Å². The van der Waals surface area contributed by atoms with E-state index in [-0.39, 0.29) is 30.2 Å². The Morgan fingerprint density at radius 1 is 1.33 bits per heavy atom. The predicted molar refractivity (Wildman–Crippen MR) is 92.3 cm³/mol. The van der Waals surface area contributed by atoms with Crippen LogP contribution in [-0.2, 0) is 20.7 Å². The Kier molecular flexibility index (Phi) is 4.95. The summed E-state index contributed by atoms with van der Waals surface area (Å²) in [5.74, 6) is 0.368. The van der Waals surface area contributed by atoms with Crippen molar-refractivity contribution in [1.29, 1.82) is 0 Å². The molecule has 2 fully saturated rings. The summed E-state index contributed by atoms with van der Waals surface area (Å²) in [5.41, 5.74) is 0.809. The number of nitrogens with zero attached hydrogens (tertiary/aromatic N) is 1. The third-order valence-electron chi connectivity index (χ3n) is 5.65. The van der Waals surface area contributed by atoms with Crippen molar-refractivity contribution in [2.24, 2.45) is 11.3 Å². The number of carbonyl (C=O) groups excluding carboxylic acids is 1. The fourth-order valence-electron chi connectivity index (χ4n) is 3.60. The topological polar surface area (TPSA) is 50.8 Å². The first-order valence-electron chi connectivity index (χ1n) is 8.69. The van der Waals surface area contributed by atoms with Gasteiger partial charge in [-0.1, -0.05) is 51.1 Å². The summed E-state index contributed by atoms with van der Waals surface area (Å²) in [6.07, 6.45) is 0.750. The maximum Gasteiger partial charge on any atom is 0.229 e. The summed E-state index contributed by atoms with van der Waals surface area (Å²) in [4.78, 5) is 15.0. The number of hydrogen-bond acceptors (Lipinski definition) is 4. The van der Waals surface area contributed by atoms with Crippen LogP contribution in [-0.4, -0.2) is 49.6 Å². The number of amides is 1. The van der Waals surface area contributed by atoms with E-state index in [0.717, 1.165) is 13.0 Å². The molecule has 0 aromatic heterocycles. The summed E-state index contributed by atoms with van der Waals surface area (Å²) < 4.78 is 11.2. The van der Waals surface area contributed by atoms with E-state index >= 15 is 0 Å². The van der Waals surface area contributed by atoms with Crippen molar-refractivity contribution in [1.82, 2.24) is 10.2 Å². The van der Waals surface area contributed by atoms with Gasteiger partial charge in [-0.25, -0.2) is 0 Å². The molecule has 0 aliphatic carbocycles. The molecule has 132 valence electrons. The Labute approximate surface area is 144 Å². The van der Waals surface area contributed by atoms with Crippen molar-refractivity contribution in [3.05, 3.63) is 35.9 Å². The molecule has 2 aliphatic heterocycles. The zero-order valence-electron chi connectivity index (χ0n) is 15.0. The van der Waals surface area contributed by atoms with E-state index in [1.165, 1.54) is 5.56 Å². The second kappa shape index (κ2) is 6.82. The lowest BCUT2D eigenvalue weighted by Gasteiger charge is -2.38. The number of ether oxygens (including phenoxy) is 2. The van der Waals surface area contributed by atoms with E-state index < -0.39 is 5.41 Å². The first-order valence-corrected chi connectivity index (χ1v) is 8.69. The summed E-state index contributed by atoms with van der Waals surface area (Å²) in [6, 6.07) is 10.3. The zero-order valence-corrected chi connectivity index (χ0v) is 15.0. The molecule has 2 aliphatic rings. The van der Waals surface area contributed by atoms with Gasteiger partial charge in [-0.2, -0.15) is 0 Å². The average molecular weight is 332 g/mol. The number of rotatable bonds is 5. The molecule has 1 N–H and O–H groups in total. The fraction of sp³-hybridized carbons (Fsp3) is 0.632. The lowest BCUT2D eigenvalue weighted by molar-refractivity contribution is -0.146. The van der Waals surface area contributed by atoms with E-state index in [0.29, 0.717) is 6.79 Å². The highest BCUT2D eigenvalue weighted by Gasteiger charge is 2.47. The Balaban J connectivity index is 1.67. The Morgan fingerprint density at radius 3 is 2.75 bits per heavy atom. The fourth-order valence-corrected chi connectivity index (χ4v) is 3.60. The zero-order chi connectivity index (χ0) is 17.3. The first-order chi connectivity index (χ1) is 11.4. The lowest BCUT2D eigenvalue weighted by atomic mass is 9.75. The molecule has 1 aromatic carbocycles. The minimum atomic E-state index is -0.455. The monoisotopic (exact) mass is 332 g/mol. The SMILES string of the molecule is CC(Cc1ccccc1)C(C)(C)C(=O)N(C)C1NCC2OCOC21. The Morgan fingerprint density at radius 2 is 2.04 bits per heavy atom. The molecule has 2 heterocycles. The van der Waals surface area contributed by atoms with Crippen LogP contribution in [0.3, 0.4) is 0 Å². The molecular formula is C19H28N2O3. The molecule has 1 aromatic rings. The van der Waals surface area contributed by atoms with E-state index in [4.69, 9.17) is 9.47 Å². The number of carbonyl (C=O) groups is 1. The molecule has 4 atom stereocenters. The normalized spacial score (nSPS) is 27.8. The van der Waals surface area contributed by atoms with Crippen molar-refractivity contribution in [3.63, 3.8) is 0 Å². The van der Waals surface area contributed by atoms with Crippen LogP contribution in [0.1, 0.15) is 26.3 Å². The van der Waals surface area contributed by atoms with Gasteiger partial charge in [0.15, 0.2) is 0 Å². The number of likely N-dealkylation sites (N-methyl/N-ethyl adjacent to an activating group) is 1. The minimum absolute atomic E-state index is 0.0510. The van der Waals surface area contributed by atoms with Gasteiger partial charge in [0.05, 0.1) is 0 Å². The third-order valence-corrected chi connectivity index (χ3v) is 5.65. The van der Waals surface area contributed by atoms with Crippen LogP contribution in [0.4, 0.5) is 0 Å².